The molecule has 2 rings (SSSR count). The number of nitrogens with two attached hydrogens (primary N) is 1. The van der Waals surface area contributed by atoms with E-state index in [0.29, 0.717) is 16.7 Å². The van der Waals surface area contributed by atoms with Crippen molar-refractivity contribution < 1.29 is 9.66 Å². The van der Waals surface area contributed by atoms with E-state index in [1.165, 1.54) is 23.9 Å². The van der Waals surface area contributed by atoms with Gasteiger partial charge in [-0.3, -0.25) is 10.1 Å². The Hall–Kier alpha value is -2.19. The van der Waals surface area contributed by atoms with Gasteiger partial charge in [-0.05, 0) is 12.1 Å². The number of ether oxygens (including phenoxy) is 1. The largest absolute Gasteiger partial charge is 0.384 e. The fraction of sp³-hybridized carbons (Fsp3) is 0.167. The standard InChI is InChI=1S/C12H12N4O3S/c1-19-7-11-14-10(13)6-12(15-11)20-9-4-2-8(3-5-9)16(17)18/h2-6H,7H2,1H3,(H2,13,14,15). The molecule has 0 aliphatic heterocycles. The van der Waals surface area contributed by atoms with Crippen LogP contribution in [0.3, 0.4) is 0 Å². The lowest BCUT2D eigenvalue weighted by molar-refractivity contribution is -0.384. The first-order chi connectivity index (χ1) is 9.58. The minimum absolute atomic E-state index is 0.0524. The zero-order valence-electron chi connectivity index (χ0n) is 10.6. The Balaban J connectivity index is 2.18. The molecule has 0 unspecified atom stereocenters. The molecule has 1 aromatic carbocycles. The van der Waals surface area contributed by atoms with E-state index in [2.05, 4.69) is 9.97 Å². The summed E-state index contributed by atoms with van der Waals surface area (Å²) in [6.45, 7) is 0.277. The van der Waals surface area contributed by atoms with Crippen molar-refractivity contribution in [2.24, 2.45) is 0 Å². The average molecular weight is 292 g/mol. The van der Waals surface area contributed by atoms with E-state index in [4.69, 9.17) is 10.5 Å². The summed E-state index contributed by atoms with van der Waals surface area (Å²) in [6, 6.07) is 7.87. The van der Waals surface area contributed by atoms with Gasteiger partial charge in [0.2, 0.25) is 0 Å². The third-order valence-corrected chi connectivity index (χ3v) is 3.24. The van der Waals surface area contributed by atoms with Gasteiger partial charge in [0.25, 0.3) is 5.69 Å². The fourth-order valence-electron chi connectivity index (χ4n) is 1.49. The molecule has 1 heterocycles. The normalized spacial score (nSPS) is 10.4. The second-order valence-corrected chi connectivity index (χ2v) is 4.93. The van der Waals surface area contributed by atoms with Gasteiger partial charge in [-0.2, -0.15) is 0 Å². The number of hydrogen-bond acceptors (Lipinski definition) is 7. The zero-order chi connectivity index (χ0) is 14.5. The minimum Gasteiger partial charge on any atom is -0.384 e. The SMILES string of the molecule is COCc1nc(N)cc(Sc2ccc([N+](=O)[O-])cc2)n1. The number of aromatic nitrogens is 2. The van der Waals surface area contributed by atoms with Gasteiger partial charge in [-0.1, -0.05) is 11.8 Å². The molecular formula is C12H12N4O3S. The summed E-state index contributed by atoms with van der Waals surface area (Å²) in [7, 11) is 1.55. The highest BCUT2D eigenvalue weighted by molar-refractivity contribution is 7.99. The smallest absolute Gasteiger partial charge is 0.269 e. The maximum absolute atomic E-state index is 10.6. The second kappa shape index (κ2) is 6.31. The molecule has 1 aromatic heterocycles. The Morgan fingerprint density at radius 2 is 2.05 bits per heavy atom. The van der Waals surface area contributed by atoms with Gasteiger partial charge in [0.05, 0.1) is 4.92 Å². The number of anilines is 1. The van der Waals surface area contributed by atoms with E-state index in [-0.39, 0.29) is 12.3 Å². The van der Waals surface area contributed by atoms with E-state index < -0.39 is 4.92 Å². The molecule has 0 aliphatic carbocycles. The first kappa shape index (κ1) is 14.2. The summed E-state index contributed by atoms with van der Waals surface area (Å²) in [5.41, 5.74) is 5.75. The number of benzene rings is 1. The number of nitro benzene ring substituents is 1. The molecule has 20 heavy (non-hydrogen) atoms. The van der Waals surface area contributed by atoms with Crippen LogP contribution in [0.15, 0.2) is 40.3 Å². The third-order valence-electron chi connectivity index (χ3n) is 2.31. The Kier molecular flexibility index (Phi) is 4.49. The van der Waals surface area contributed by atoms with Crippen molar-refractivity contribution in [3.8, 4) is 0 Å². The van der Waals surface area contributed by atoms with Crippen LogP contribution in [-0.4, -0.2) is 22.0 Å². The van der Waals surface area contributed by atoms with E-state index in [9.17, 15) is 10.1 Å². The summed E-state index contributed by atoms with van der Waals surface area (Å²) < 4.78 is 4.97. The lowest BCUT2D eigenvalue weighted by Gasteiger charge is -2.05. The first-order valence-corrected chi connectivity index (χ1v) is 6.45. The van der Waals surface area contributed by atoms with E-state index in [1.807, 2.05) is 0 Å². The van der Waals surface area contributed by atoms with Gasteiger partial charge >= 0.3 is 0 Å². The number of non-ortho nitro benzene ring substituents is 1. The van der Waals surface area contributed by atoms with Gasteiger partial charge in [0, 0.05) is 30.2 Å². The Morgan fingerprint density at radius 3 is 2.65 bits per heavy atom. The average Bonchev–Trinajstić information content (AvgIpc) is 2.39. The first-order valence-electron chi connectivity index (χ1n) is 5.63. The monoisotopic (exact) mass is 292 g/mol. The molecular weight excluding hydrogens is 280 g/mol. The van der Waals surface area contributed by atoms with Crippen LogP contribution in [-0.2, 0) is 11.3 Å². The predicted octanol–water partition coefficient (Wildman–Crippen LogP) is 2.26. The van der Waals surface area contributed by atoms with Gasteiger partial charge in [-0.25, -0.2) is 9.97 Å². The highest BCUT2D eigenvalue weighted by atomic mass is 32.2. The number of methoxy groups -OCH3 is 1. The number of hydrogen-bond donors (Lipinski definition) is 1. The number of nitrogen functional groups attached to an aromatic ring is 1. The topological polar surface area (TPSA) is 104 Å². The highest BCUT2D eigenvalue weighted by Crippen LogP contribution is 2.28. The van der Waals surface area contributed by atoms with Crippen LogP contribution in [0.2, 0.25) is 0 Å². The van der Waals surface area contributed by atoms with Crippen molar-refractivity contribution in [2.75, 3.05) is 12.8 Å². The zero-order valence-corrected chi connectivity index (χ0v) is 11.5. The molecule has 0 aliphatic rings. The summed E-state index contributed by atoms with van der Waals surface area (Å²) in [4.78, 5) is 19.3. The van der Waals surface area contributed by atoms with Crippen molar-refractivity contribution >= 4 is 23.3 Å². The van der Waals surface area contributed by atoms with Crippen molar-refractivity contribution in [2.45, 2.75) is 16.5 Å². The number of nitrogens with zero attached hydrogens (tertiary/aromatic N) is 3. The van der Waals surface area contributed by atoms with E-state index in [1.54, 1.807) is 25.3 Å². The Labute approximate surface area is 119 Å². The molecule has 8 heteroatoms. The van der Waals surface area contributed by atoms with Crippen molar-refractivity contribution in [1.82, 2.24) is 9.97 Å². The quantitative estimate of drug-likeness (QED) is 0.512. The van der Waals surface area contributed by atoms with Crippen LogP contribution < -0.4 is 5.73 Å². The molecule has 0 spiro atoms. The maximum Gasteiger partial charge on any atom is 0.269 e. The second-order valence-electron chi connectivity index (χ2n) is 3.83. The highest BCUT2D eigenvalue weighted by Gasteiger charge is 2.07. The van der Waals surface area contributed by atoms with Crippen molar-refractivity contribution in [1.29, 1.82) is 0 Å². The molecule has 0 saturated carbocycles. The Morgan fingerprint density at radius 1 is 1.35 bits per heavy atom. The molecule has 104 valence electrons. The van der Waals surface area contributed by atoms with E-state index >= 15 is 0 Å². The molecule has 0 bridgehead atoms. The molecule has 7 nitrogen and oxygen atoms in total. The molecule has 2 N–H and O–H groups in total. The lowest BCUT2D eigenvalue weighted by atomic mass is 10.3. The van der Waals surface area contributed by atoms with Crippen LogP contribution in [0.5, 0.6) is 0 Å². The number of rotatable bonds is 5. The van der Waals surface area contributed by atoms with Crippen LogP contribution >= 0.6 is 11.8 Å². The minimum atomic E-state index is -0.437. The summed E-state index contributed by atoms with van der Waals surface area (Å²) in [5.74, 6) is 0.855. The maximum atomic E-state index is 10.6. The summed E-state index contributed by atoms with van der Waals surface area (Å²) in [6.07, 6.45) is 0. The molecule has 0 radical (unpaired) electrons. The van der Waals surface area contributed by atoms with Crippen molar-refractivity contribution in [3.05, 3.63) is 46.3 Å². The molecule has 0 atom stereocenters. The van der Waals surface area contributed by atoms with Gasteiger partial charge in [0.1, 0.15) is 17.5 Å². The summed E-state index contributed by atoms with van der Waals surface area (Å²) >= 11 is 1.35. The molecule has 0 fully saturated rings. The van der Waals surface area contributed by atoms with Crippen LogP contribution in [0.25, 0.3) is 0 Å². The van der Waals surface area contributed by atoms with E-state index in [0.717, 1.165) is 4.90 Å². The Bertz CT molecular complexity index is 619. The summed E-state index contributed by atoms with van der Waals surface area (Å²) in [5, 5.41) is 11.2. The van der Waals surface area contributed by atoms with Gasteiger partial charge in [0.15, 0.2) is 5.82 Å². The predicted molar refractivity (Wildman–Crippen MR) is 74.4 cm³/mol. The molecule has 2 aromatic rings. The fourth-order valence-corrected chi connectivity index (χ4v) is 2.34. The van der Waals surface area contributed by atoms with Crippen LogP contribution in [0.4, 0.5) is 11.5 Å². The van der Waals surface area contributed by atoms with Crippen LogP contribution in [0, 0.1) is 10.1 Å². The van der Waals surface area contributed by atoms with Gasteiger partial charge < -0.3 is 10.5 Å². The van der Waals surface area contributed by atoms with Crippen molar-refractivity contribution in [3.63, 3.8) is 0 Å². The van der Waals surface area contributed by atoms with Crippen LogP contribution in [0.1, 0.15) is 5.82 Å². The third kappa shape index (κ3) is 3.65. The molecule has 0 saturated heterocycles. The lowest BCUT2D eigenvalue weighted by Crippen LogP contribution is -2.01. The number of nitro groups is 1. The van der Waals surface area contributed by atoms with Gasteiger partial charge in [-0.15, -0.1) is 0 Å². The molecule has 0 amide bonds.